The molecule has 94 valence electrons. The van der Waals surface area contributed by atoms with E-state index >= 15 is 0 Å². The van der Waals surface area contributed by atoms with Gasteiger partial charge in [-0.05, 0) is 19.9 Å². The van der Waals surface area contributed by atoms with Crippen LogP contribution in [-0.2, 0) is 23.8 Å². The maximum Gasteiger partial charge on any atom is 0.313 e. The molecule has 0 spiro atoms. The lowest BCUT2D eigenvalue weighted by molar-refractivity contribution is -0.158. The summed E-state index contributed by atoms with van der Waals surface area (Å²) in [4.78, 5) is 23.5. The molecule has 0 aromatic heterocycles. The Morgan fingerprint density at radius 2 is 1.94 bits per heavy atom. The van der Waals surface area contributed by atoms with Gasteiger partial charge in [0, 0.05) is 6.42 Å². The Labute approximate surface area is 99.7 Å². The largest absolute Gasteiger partial charge is 0.483 e. The van der Waals surface area contributed by atoms with E-state index in [-0.39, 0.29) is 18.0 Å². The molecule has 0 N–H and O–H groups in total. The predicted octanol–water partition coefficient (Wildman–Crippen LogP) is 1.03. The number of carbonyl (C=O) groups excluding carboxylic acids is 2. The molecule has 2 rings (SSSR count). The Kier molecular flexibility index (Phi) is 3.36. The van der Waals surface area contributed by atoms with Crippen molar-refractivity contribution >= 4 is 11.9 Å². The highest BCUT2D eigenvalue weighted by atomic mass is 16.6. The van der Waals surface area contributed by atoms with E-state index in [0.29, 0.717) is 19.6 Å². The standard InChI is InChI=1S/C12H16O5/c1-3-15-11(13)7-5-9-10(17-9)6-8(7)12(14)16-4-2/h5,7-8,10H,3-4,6H2,1-2H3. The zero-order chi connectivity index (χ0) is 12.4. The lowest BCUT2D eigenvalue weighted by Crippen LogP contribution is -2.34. The third-order valence-corrected chi connectivity index (χ3v) is 2.93. The number of rotatable bonds is 4. The first kappa shape index (κ1) is 12.0. The molecular weight excluding hydrogens is 224 g/mol. The van der Waals surface area contributed by atoms with Gasteiger partial charge in [0.15, 0.2) is 6.10 Å². The molecular formula is C12H16O5. The summed E-state index contributed by atoms with van der Waals surface area (Å²) in [6.07, 6.45) is 2.19. The maximum atomic E-state index is 11.8. The van der Waals surface area contributed by atoms with E-state index in [9.17, 15) is 9.59 Å². The number of esters is 2. The van der Waals surface area contributed by atoms with E-state index in [4.69, 9.17) is 14.2 Å². The van der Waals surface area contributed by atoms with Crippen LogP contribution in [0.25, 0.3) is 0 Å². The third kappa shape index (κ3) is 2.43. The summed E-state index contributed by atoms with van der Waals surface area (Å²) in [7, 11) is 0. The summed E-state index contributed by atoms with van der Waals surface area (Å²) in [6.45, 7) is 4.10. The van der Waals surface area contributed by atoms with Gasteiger partial charge >= 0.3 is 11.9 Å². The molecule has 1 aliphatic carbocycles. The second kappa shape index (κ2) is 4.77. The van der Waals surface area contributed by atoms with Crippen molar-refractivity contribution in [1.29, 1.82) is 0 Å². The summed E-state index contributed by atoms with van der Waals surface area (Å²) >= 11 is 0. The molecule has 1 fully saturated rings. The van der Waals surface area contributed by atoms with Crippen LogP contribution in [0.15, 0.2) is 11.8 Å². The van der Waals surface area contributed by atoms with Crippen molar-refractivity contribution in [3.63, 3.8) is 0 Å². The highest BCUT2D eigenvalue weighted by Crippen LogP contribution is 2.42. The Hall–Kier alpha value is -1.52. The van der Waals surface area contributed by atoms with Crippen LogP contribution in [-0.4, -0.2) is 31.3 Å². The molecule has 3 atom stereocenters. The number of hydrogen-bond acceptors (Lipinski definition) is 5. The van der Waals surface area contributed by atoms with E-state index in [1.807, 2.05) is 0 Å². The maximum absolute atomic E-state index is 11.8. The minimum absolute atomic E-state index is 0.00455. The van der Waals surface area contributed by atoms with E-state index in [1.165, 1.54) is 0 Å². The second-order valence-electron chi connectivity index (χ2n) is 4.05. The first-order chi connectivity index (χ1) is 8.17. The van der Waals surface area contributed by atoms with E-state index in [2.05, 4.69) is 0 Å². The van der Waals surface area contributed by atoms with Gasteiger partial charge in [0.05, 0.1) is 25.0 Å². The average molecular weight is 240 g/mol. The number of hydrogen-bond donors (Lipinski definition) is 0. The van der Waals surface area contributed by atoms with E-state index in [1.54, 1.807) is 19.9 Å². The fraction of sp³-hybridized carbons (Fsp3) is 0.667. The van der Waals surface area contributed by atoms with E-state index in [0.717, 1.165) is 5.76 Å². The monoisotopic (exact) mass is 240 g/mol. The van der Waals surface area contributed by atoms with Crippen molar-refractivity contribution in [2.24, 2.45) is 11.8 Å². The SMILES string of the molecule is CCOC(=O)C1C=C2OC2CC1C(=O)OCC. The molecule has 0 bridgehead atoms. The van der Waals surface area contributed by atoms with Gasteiger partial charge in [-0.1, -0.05) is 0 Å². The summed E-state index contributed by atoms with van der Waals surface area (Å²) in [5.41, 5.74) is 0. The topological polar surface area (TPSA) is 65.1 Å². The molecule has 3 unspecified atom stereocenters. The van der Waals surface area contributed by atoms with Gasteiger partial charge < -0.3 is 14.2 Å². The van der Waals surface area contributed by atoms with Crippen molar-refractivity contribution in [3.8, 4) is 0 Å². The lowest BCUT2D eigenvalue weighted by Gasteiger charge is -2.21. The van der Waals surface area contributed by atoms with Gasteiger partial charge in [-0.3, -0.25) is 9.59 Å². The molecule has 1 saturated heterocycles. The quantitative estimate of drug-likeness (QED) is 0.542. The fourth-order valence-electron chi connectivity index (χ4n) is 2.07. The minimum Gasteiger partial charge on any atom is -0.483 e. The number of fused-ring (bicyclic) bond motifs is 1. The van der Waals surface area contributed by atoms with Crippen molar-refractivity contribution in [3.05, 3.63) is 11.8 Å². The third-order valence-electron chi connectivity index (χ3n) is 2.93. The van der Waals surface area contributed by atoms with Gasteiger partial charge in [-0.15, -0.1) is 0 Å². The Bertz CT molecular complexity index is 360. The second-order valence-corrected chi connectivity index (χ2v) is 4.05. The molecule has 0 amide bonds. The zero-order valence-electron chi connectivity index (χ0n) is 9.97. The van der Waals surface area contributed by atoms with Crippen molar-refractivity contribution < 1.29 is 23.8 Å². The Balaban J connectivity index is 2.10. The van der Waals surface area contributed by atoms with Crippen LogP contribution in [0.3, 0.4) is 0 Å². The summed E-state index contributed by atoms with van der Waals surface area (Å²) < 4.78 is 15.2. The zero-order valence-corrected chi connectivity index (χ0v) is 9.97. The van der Waals surface area contributed by atoms with Gasteiger partial charge in [-0.2, -0.15) is 0 Å². The minimum atomic E-state index is -0.567. The Morgan fingerprint density at radius 3 is 2.59 bits per heavy atom. The number of carbonyl (C=O) groups is 2. The molecule has 0 aromatic rings. The molecule has 0 saturated carbocycles. The normalized spacial score (nSPS) is 29.5. The molecule has 5 heteroatoms. The van der Waals surface area contributed by atoms with Crippen LogP contribution in [0.2, 0.25) is 0 Å². The van der Waals surface area contributed by atoms with Crippen molar-refractivity contribution in [1.82, 2.24) is 0 Å². The number of epoxide rings is 1. The lowest BCUT2D eigenvalue weighted by atomic mass is 9.84. The van der Waals surface area contributed by atoms with Gasteiger partial charge in [0.25, 0.3) is 0 Å². The molecule has 1 aliphatic heterocycles. The van der Waals surface area contributed by atoms with Crippen LogP contribution in [0.1, 0.15) is 20.3 Å². The Morgan fingerprint density at radius 1 is 1.29 bits per heavy atom. The smallest absolute Gasteiger partial charge is 0.313 e. The first-order valence-electron chi connectivity index (χ1n) is 5.89. The summed E-state index contributed by atoms with van der Waals surface area (Å²) in [5.74, 6) is -0.986. The number of ether oxygens (including phenoxy) is 3. The van der Waals surface area contributed by atoms with Crippen molar-refractivity contribution in [2.45, 2.75) is 26.4 Å². The first-order valence-corrected chi connectivity index (χ1v) is 5.89. The average Bonchev–Trinajstić information content (AvgIpc) is 3.06. The van der Waals surface area contributed by atoms with Crippen LogP contribution in [0, 0.1) is 11.8 Å². The molecule has 1 heterocycles. The van der Waals surface area contributed by atoms with Crippen LogP contribution in [0.4, 0.5) is 0 Å². The van der Waals surface area contributed by atoms with Crippen molar-refractivity contribution in [2.75, 3.05) is 13.2 Å². The summed E-state index contributed by atoms with van der Waals surface area (Å²) in [5, 5.41) is 0. The highest BCUT2D eigenvalue weighted by molar-refractivity contribution is 5.84. The molecule has 0 aromatic carbocycles. The summed E-state index contributed by atoms with van der Waals surface area (Å²) in [6, 6.07) is 0. The highest BCUT2D eigenvalue weighted by Gasteiger charge is 2.48. The van der Waals surface area contributed by atoms with Crippen LogP contribution in [0.5, 0.6) is 0 Å². The molecule has 2 aliphatic rings. The fourth-order valence-corrected chi connectivity index (χ4v) is 2.07. The van der Waals surface area contributed by atoms with Gasteiger partial charge in [0.1, 0.15) is 5.76 Å². The predicted molar refractivity (Wildman–Crippen MR) is 57.8 cm³/mol. The van der Waals surface area contributed by atoms with Crippen LogP contribution >= 0.6 is 0 Å². The molecule has 5 nitrogen and oxygen atoms in total. The van der Waals surface area contributed by atoms with Gasteiger partial charge in [-0.25, -0.2) is 0 Å². The molecule has 17 heavy (non-hydrogen) atoms. The van der Waals surface area contributed by atoms with Gasteiger partial charge in [0.2, 0.25) is 0 Å². The molecule has 0 radical (unpaired) electrons. The van der Waals surface area contributed by atoms with E-state index < -0.39 is 11.8 Å². The van der Waals surface area contributed by atoms with Crippen LogP contribution < -0.4 is 0 Å².